The molecule has 1 amide bonds. The van der Waals surface area contributed by atoms with Gasteiger partial charge in [-0.2, -0.15) is 0 Å². The highest BCUT2D eigenvalue weighted by Crippen LogP contribution is 2.30. The number of hydrogen-bond donors (Lipinski definition) is 0. The van der Waals surface area contributed by atoms with Crippen LogP contribution in [0.3, 0.4) is 0 Å². The number of thiazole rings is 1. The summed E-state index contributed by atoms with van der Waals surface area (Å²) in [6, 6.07) is 3.69. The van der Waals surface area contributed by atoms with E-state index in [1.807, 2.05) is 16.3 Å². The second kappa shape index (κ2) is 6.34. The number of benzene rings is 1. The van der Waals surface area contributed by atoms with E-state index in [1.54, 1.807) is 22.9 Å². The third kappa shape index (κ3) is 3.39. The Morgan fingerprint density at radius 3 is 3.00 bits per heavy atom. The van der Waals surface area contributed by atoms with Crippen molar-refractivity contribution in [3.63, 3.8) is 0 Å². The maximum absolute atomic E-state index is 12.3. The van der Waals surface area contributed by atoms with Crippen molar-refractivity contribution in [2.45, 2.75) is 25.8 Å². The number of rotatable bonds is 3. The second-order valence-corrected chi connectivity index (χ2v) is 6.63. The Morgan fingerprint density at radius 1 is 1.38 bits per heavy atom. The highest BCUT2D eigenvalue weighted by Gasteiger charge is 2.22. The Hall–Kier alpha value is -1.10. The summed E-state index contributed by atoms with van der Waals surface area (Å²) < 4.78 is 0. The fraction of sp³-hybridized carbons (Fsp3) is 0.333. The fourth-order valence-corrected chi connectivity index (χ4v) is 3.74. The van der Waals surface area contributed by atoms with Crippen LogP contribution in [0.5, 0.6) is 0 Å². The first-order valence-electron chi connectivity index (χ1n) is 6.75. The lowest BCUT2D eigenvalue weighted by Gasteiger charge is -2.29. The molecule has 6 heteroatoms. The number of aromatic nitrogens is 1. The smallest absolute Gasteiger partial charge is 0.223 e. The van der Waals surface area contributed by atoms with Gasteiger partial charge in [0.2, 0.25) is 5.91 Å². The summed E-state index contributed by atoms with van der Waals surface area (Å²) in [5, 5.41) is 3.29. The van der Waals surface area contributed by atoms with E-state index in [9.17, 15) is 4.79 Å². The summed E-state index contributed by atoms with van der Waals surface area (Å²) in [4.78, 5) is 18.4. The lowest BCUT2D eigenvalue weighted by Crippen LogP contribution is -2.36. The molecule has 0 aliphatic carbocycles. The zero-order valence-corrected chi connectivity index (χ0v) is 13.6. The first kappa shape index (κ1) is 14.8. The molecule has 0 spiro atoms. The molecule has 1 aromatic carbocycles. The van der Waals surface area contributed by atoms with Crippen molar-refractivity contribution in [1.82, 2.24) is 9.88 Å². The molecule has 0 radical (unpaired) electrons. The molecular weight excluding hydrogens is 327 g/mol. The second-order valence-electron chi connectivity index (χ2n) is 5.07. The largest absolute Gasteiger partial charge is 0.338 e. The van der Waals surface area contributed by atoms with Crippen molar-refractivity contribution in [2.24, 2.45) is 0 Å². The van der Waals surface area contributed by atoms with E-state index in [4.69, 9.17) is 23.2 Å². The lowest BCUT2D eigenvalue weighted by molar-refractivity contribution is -0.132. The van der Waals surface area contributed by atoms with Crippen molar-refractivity contribution < 1.29 is 4.79 Å². The number of carbonyl (C=O) groups excluding carboxylic acids is 1. The van der Waals surface area contributed by atoms with E-state index in [0.29, 0.717) is 29.4 Å². The van der Waals surface area contributed by atoms with E-state index in [1.165, 1.54) is 0 Å². The SMILES string of the molecule is O=C(CCc1cscn1)N1CCc2cc(Cl)cc(Cl)c2C1. The van der Waals surface area contributed by atoms with Gasteiger partial charge in [0, 0.05) is 34.9 Å². The summed E-state index contributed by atoms with van der Waals surface area (Å²) in [5.74, 6) is 0.152. The van der Waals surface area contributed by atoms with Crippen molar-refractivity contribution in [3.05, 3.63) is 49.9 Å². The van der Waals surface area contributed by atoms with Crippen LogP contribution < -0.4 is 0 Å². The monoisotopic (exact) mass is 340 g/mol. The third-order valence-electron chi connectivity index (χ3n) is 3.68. The number of nitrogens with zero attached hydrogens (tertiary/aromatic N) is 2. The molecule has 0 fully saturated rings. The molecule has 0 saturated carbocycles. The van der Waals surface area contributed by atoms with Gasteiger partial charge in [-0.15, -0.1) is 11.3 Å². The predicted molar refractivity (Wildman–Crippen MR) is 86.0 cm³/mol. The van der Waals surface area contributed by atoms with E-state index in [0.717, 1.165) is 29.8 Å². The molecule has 0 unspecified atom stereocenters. The maximum atomic E-state index is 12.3. The zero-order valence-electron chi connectivity index (χ0n) is 11.3. The molecule has 0 saturated heterocycles. The Balaban J connectivity index is 1.66. The summed E-state index contributed by atoms with van der Waals surface area (Å²) in [7, 11) is 0. The van der Waals surface area contributed by atoms with Crippen LogP contribution in [0.2, 0.25) is 10.0 Å². The number of amides is 1. The number of carbonyl (C=O) groups is 1. The molecule has 2 aromatic rings. The molecule has 21 heavy (non-hydrogen) atoms. The Bertz CT molecular complexity index is 658. The van der Waals surface area contributed by atoms with Gasteiger partial charge in [0.1, 0.15) is 0 Å². The van der Waals surface area contributed by atoms with Crippen LogP contribution in [-0.4, -0.2) is 22.3 Å². The number of hydrogen-bond acceptors (Lipinski definition) is 3. The van der Waals surface area contributed by atoms with E-state index in [2.05, 4.69) is 4.98 Å². The summed E-state index contributed by atoms with van der Waals surface area (Å²) in [6.45, 7) is 1.29. The average Bonchev–Trinajstić information content (AvgIpc) is 2.97. The van der Waals surface area contributed by atoms with Crippen molar-refractivity contribution >= 4 is 40.4 Å². The van der Waals surface area contributed by atoms with Crippen LogP contribution in [0.25, 0.3) is 0 Å². The van der Waals surface area contributed by atoms with Gasteiger partial charge in [-0.1, -0.05) is 23.2 Å². The van der Waals surface area contributed by atoms with Gasteiger partial charge in [0.15, 0.2) is 0 Å². The Morgan fingerprint density at radius 2 is 2.24 bits per heavy atom. The van der Waals surface area contributed by atoms with E-state index < -0.39 is 0 Å². The standard InChI is InChI=1S/C15H14Cl2N2OS/c16-11-5-10-3-4-19(7-13(10)14(17)6-11)15(20)2-1-12-8-21-9-18-12/h5-6,8-9H,1-4,7H2. The molecule has 1 aromatic heterocycles. The lowest BCUT2D eigenvalue weighted by atomic mass is 9.99. The predicted octanol–water partition coefficient (Wildman–Crippen LogP) is 3.97. The quantitative estimate of drug-likeness (QED) is 0.846. The normalized spacial score (nSPS) is 14.1. The Labute approximate surface area is 137 Å². The minimum absolute atomic E-state index is 0.152. The van der Waals surface area contributed by atoms with Gasteiger partial charge in [0.25, 0.3) is 0 Å². The molecule has 0 N–H and O–H groups in total. The maximum Gasteiger partial charge on any atom is 0.223 e. The minimum atomic E-state index is 0.152. The highest BCUT2D eigenvalue weighted by atomic mass is 35.5. The van der Waals surface area contributed by atoms with E-state index >= 15 is 0 Å². The number of halogens is 2. The summed E-state index contributed by atoms with van der Waals surface area (Å²) in [5.41, 5.74) is 4.95. The van der Waals surface area contributed by atoms with Crippen LogP contribution in [0.4, 0.5) is 0 Å². The molecule has 0 bridgehead atoms. The minimum Gasteiger partial charge on any atom is -0.338 e. The molecular formula is C15H14Cl2N2OS. The first-order chi connectivity index (χ1) is 10.1. The van der Waals surface area contributed by atoms with Gasteiger partial charge in [-0.3, -0.25) is 4.79 Å². The van der Waals surface area contributed by atoms with Crippen molar-refractivity contribution in [1.29, 1.82) is 0 Å². The zero-order chi connectivity index (χ0) is 14.8. The molecule has 3 nitrogen and oxygen atoms in total. The molecule has 0 atom stereocenters. The van der Waals surface area contributed by atoms with Crippen molar-refractivity contribution in [3.8, 4) is 0 Å². The first-order valence-corrected chi connectivity index (χ1v) is 8.45. The summed E-state index contributed by atoms with van der Waals surface area (Å²) >= 11 is 13.8. The fourth-order valence-electron chi connectivity index (χ4n) is 2.55. The molecule has 1 aliphatic rings. The average molecular weight is 341 g/mol. The van der Waals surface area contributed by atoms with Gasteiger partial charge in [0.05, 0.1) is 11.2 Å². The Kier molecular flexibility index (Phi) is 4.48. The number of aryl methyl sites for hydroxylation is 1. The molecule has 110 valence electrons. The van der Waals surface area contributed by atoms with Crippen LogP contribution in [-0.2, 0) is 24.2 Å². The van der Waals surface area contributed by atoms with Crippen LogP contribution in [0.1, 0.15) is 23.2 Å². The van der Waals surface area contributed by atoms with Gasteiger partial charge in [-0.05, 0) is 36.1 Å². The van der Waals surface area contributed by atoms with Gasteiger partial charge < -0.3 is 4.90 Å². The molecule has 2 heterocycles. The van der Waals surface area contributed by atoms with Crippen LogP contribution >= 0.6 is 34.5 Å². The highest BCUT2D eigenvalue weighted by molar-refractivity contribution is 7.07. The van der Waals surface area contributed by atoms with Crippen LogP contribution in [0, 0.1) is 0 Å². The van der Waals surface area contributed by atoms with Gasteiger partial charge in [-0.25, -0.2) is 4.98 Å². The van der Waals surface area contributed by atoms with E-state index in [-0.39, 0.29) is 5.91 Å². The third-order valence-corrected chi connectivity index (χ3v) is 4.87. The van der Waals surface area contributed by atoms with Crippen molar-refractivity contribution in [2.75, 3.05) is 6.54 Å². The van der Waals surface area contributed by atoms with Crippen LogP contribution in [0.15, 0.2) is 23.0 Å². The summed E-state index contributed by atoms with van der Waals surface area (Å²) in [6.07, 6.45) is 1.99. The van der Waals surface area contributed by atoms with Gasteiger partial charge >= 0.3 is 0 Å². The number of fused-ring (bicyclic) bond motifs is 1. The topological polar surface area (TPSA) is 33.2 Å². The molecule has 1 aliphatic heterocycles. The molecule has 3 rings (SSSR count).